The summed E-state index contributed by atoms with van der Waals surface area (Å²) >= 11 is 0. The van der Waals surface area contributed by atoms with Crippen molar-refractivity contribution in [2.75, 3.05) is 40.1 Å². The first-order valence-electron chi connectivity index (χ1n) is 13.0. The SMILES string of the molecule is COc1ccc([C@@H]2[C@@H](C(=O)O)[C@@H](c3ccc4c(c3)OCO4)CN2CC(=O)N(CC(C)C)CC(C)C)cc1. The molecule has 8 heteroatoms. The maximum atomic E-state index is 13.6. The number of benzene rings is 2. The Hall–Kier alpha value is -3.26. The predicted octanol–water partition coefficient (Wildman–Crippen LogP) is 4.41. The van der Waals surface area contributed by atoms with Crippen LogP contribution in [0, 0.1) is 17.8 Å². The fourth-order valence-electron chi connectivity index (χ4n) is 5.51. The summed E-state index contributed by atoms with van der Waals surface area (Å²) < 4.78 is 16.3. The van der Waals surface area contributed by atoms with Crippen LogP contribution in [-0.2, 0) is 9.59 Å². The molecule has 0 unspecified atom stereocenters. The fourth-order valence-corrected chi connectivity index (χ4v) is 5.51. The fraction of sp³-hybridized carbons (Fsp3) is 0.517. The standard InChI is InChI=1S/C29H38N2O6/c1-18(2)13-30(14-19(3)4)26(32)16-31-15-23(21-8-11-24-25(12-21)37-17-36-24)27(29(33)34)28(31)20-6-9-22(35-5)10-7-20/h6-12,18-19,23,27-28H,13-17H2,1-5H3,(H,33,34)/t23-,27+,28-/m1/s1. The molecule has 1 N–H and O–H groups in total. The minimum absolute atomic E-state index is 0.0244. The Morgan fingerprint density at radius 3 is 2.22 bits per heavy atom. The van der Waals surface area contributed by atoms with Crippen LogP contribution < -0.4 is 14.2 Å². The summed E-state index contributed by atoms with van der Waals surface area (Å²) in [6.45, 7) is 10.5. The van der Waals surface area contributed by atoms with Gasteiger partial charge in [-0.25, -0.2) is 0 Å². The molecule has 3 atom stereocenters. The first-order valence-corrected chi connectivity index (χ1v) is 13.0. The molecule has 0 saturated carbocycles. The third kappa shape index (κ3) is 6.01. The number of carboxylic acid groups (broad SMARTS) is 1. The van der Waals surface area contributed by atoms with Crippen LogP contribution in [0.5, 0.6) is 17.2 Å². The van der Waals surface area contributed by atoms with E-state index in [-0.39, 0.29) is 25.2 Å². The first kappa shape index (κ1) is 26.8. The van der Waals surface area contributed by atoms with Gasteiger partial charge >= 0.3 is 5.97 Å². The number of hydrogen-bond donors (Lipinski definition) is 1. The molecule has 200 valence electrons. The highest BCUT2D eigenvalue weighted by atomic mass is 16.7. The van der Waals surface area contributed by atoms with Gasteiger partial charge in [-0.3, -0.25) is 14.5 Å². The highest BCUT2D eigenvalue weighted by Gasteiger charge is 2.48. The number of ether oxygens (including phenoxy) is 3. The van der Waals surface area contributed by atoms with Crippen molar-refractivity contribution in [1.29, 1.82) is 0 Å². The third-order valence-corrected chi connectivity index (χ3v) is 7.03. The van der Waals surface area contributed by atoms with Crippen molar-refractivity contribution in [2.24, 2.45) is 17.8 Å². The average molecular weight is 511 g/mol. The second-order valence-corrected chi connectivity index (χ2v) is 10.8. The Kier molecular flexibility index (Phi) is 8.27. The van der Waals surface area contributed by atoms with Crippen LogP contribution in [-0.4, -0.2) is 66.9 Å². The smallest absolute Gasteiger partial charge is 0.309 e. The van der Waals surface area contributed by atoms with Crippen molar-refractivity contribution in [1.82, 2.24) is 9.80 Å². The van der Waals surface area contributed by atoms with Gasteiger partial charge in [-0.1, -0.05) is 45.9 Å². The zero-order valence-electron chi connectivity index (χ0n) is 22.3. The zero-order valence-corrected chi connectivity index (χ0v) is 22.3. The van der Waals surface area contributed by atoms with Gasteiger partial charge < -0.3 is 24.2 Å². The van der Waals surface area contributed by atoms with E-state index in [1.165, 1.54) is 0 Å². The Labute approximate surface area is 219 Å². The monoisotopic (exact) mass is 510 g/mol. The average Bonchev–Trinajstić information content (AvgIpc) is 3.47. The molecule has 0 aromatic heterocycles. The molecule has 0 spiro atoms. The maximum absolute atomic E-state index is 13.6. The Morgan fingerprint density at radius 1 is 1.00 bits per heavy atom. The molecule has 1 amide bonds. The molecular weight excluding hydrogens is 472 g/mol. The van der Waals surface area contributed by atoms with Gasteiger partial charge in [0.15, 0.2) is 11.5 Å². The van der Waals surface area contributed by atoms with E-state index >= 15 is 0 Å². The second-order valence-electron chi connectivity index (χ2n) is 10.8. The Morgan fingerprint density at radius 2 is 1.62 bits per heavy atom. The van der Waals surface area contributed by atoms with Gasteiger partial charge in [0.1, 0.15) is 5.75 Å². The van der Waals surface area contributed by atoms with Crippen LogP contribution in [0.25, 0.3) is 0 Å². The molecule has 1 saturated heterocycles. The summed E-state index contributed by atoms with van der Waals surface area (Å²) in [6, 6.07) is 12.6. The Balaban J connectivity index is 1.69. The van der Waals surface area contributed by atoms with E-state index in [4.69, 9.17) is 14.2 Å². The minimum atomic E-state index is -0.889. The molecule has 2 aliphatic heterocycles. The number of amides is 1. The molecule has 0 radical (unpaired) electrons. The van der Waals surface area contributed by atoms with Gasteiger partial charge in [-0.2, -0.15) is 0 Å². The van der Waals surface area contributed by atoms with Crippen LogP contribution >= 0.6 is 0 Å². The first-order chi connectivity index (χ1) is 17.7. The molecule has 0 bridgehead atoms. The van der Waals surface area contributed by atoms with E-state index in [1.54, 1.807) is 7.11 Å². The number of carbonyl (C=O) groups is 2. The maximum Gasteiger partial charge on any atom is 0.309 e. The molecule has 37 heavy (non-hydrogen) atoms. The molecule has 2 aromatic carbocycles. The van der Waals surface area contributed by atoms with Crippen molar-refractivity contribution in [3.05, 3.63) is 53.6 Å². The third-order valence-electron chi connectivity index (χ3n) is 7.03. The van der Waals surface area contributed by atoms with E-state index < -0.39 is 17.9 Å². The number of aliphatic carboxylic acids is 1. The summed E-state index contributed by atoms with van der Waals surface area (Å²) in [7, 11) is 1.60. The summed E-state index contributed by atoms with van der Waals surface area (Å²) in [5, 5.41) is 10.5. The van der Waals surface area contributed by atoms with Crippen molar-refractivity contribution in [3.63, 3.8) is 0 Å². The zero-order chi connectivity index (χ0) is 26.7. The summed E-state index contributed by atoms with van der Waals surface area (Å²) in [4.78, 5) is 30.3. The van der Waals surface area contributed by atoms with Gasteiger partial charge in [0.25, 0.3) is 0 Å². The second kappa shape index (κ2) is 11.4. The van der Waals surface area contributed by atoms with Crippen molar-refractivity contribution >= 4 is 11.9 Å². The highest BCUT2D eigenvalue weighted by Crippen LogP contribution is 2.47. The number of carboxylic acids is 1. The van der Waals surface area contributed by atoms with E-state index in [0.29, 0.717) is 48.7 Å². The number of carbonyl (C=O) groups excluding carboxylic acids is 1. The summed E-state index contributed by atoms with van der Waals surface area (Å²) in [5.74, 6) is 0.724. The van der Waals surface area contributed by atoms with E-state index in [2.05, 4.69) is 27.7 Å². The van der Waals surface area contributed by atoms with Gasteiger partial charge in [-0.15, -0.1) is 0 Å². The molecule has 1 fully saturated rings. The number of likely N-dealkylation sites (tertiary alicyclic amines) is 1. The van der Waals surface area contributed by atoms with Crippen molar-refractivity contribution in [2.45, 2.75) is 39.7 Å². The lowest BCUT2D eigenvalue weighted by Crippen LogP contribution is -2.44. The van der Waals surface area contributed by atoms with E-state index in [1.807, 2.05) is 52.3 Å². The molecule has 0 aliphatic carbocycles. The number of hydrogen-bond acceptors (Lipinski definition) is 6. The lowest BCUT2D eigenvalue weighted by Gasteiger charge is -2.31. The van der Waals surface area contributed by atoms with Crippen LogP contribution in [0.1, 0.15) is 50.8 Å². The molecule has 2 aliphatic rings. The largest absolute Gasteiger partial charge is 0.497 e. The van der Waals surface area contributed by atoms with E-state index in [9.17, 15) is 14.7 Å². The predicted molar refractivity (Wildman–Crippen MR) is 140 cm³/mol. The van der Waals surface area contributed by atoms with Crippen LogP contribution in [0.3, 0.4) is 0 Å². The molecule has 2 heterocycles. The topological polar surface area (TPSA) is 88.5 Å². The number of rotatable bonds is 10. The van der Waals surface area contributed by atoms with Gasteiger partial charge in [0.05, 0.1) is 19.6 Å². The van der Waals surface area contributed by atoms with Crippen LogP contribution in [0.2, 0.25) is 0 Å². The molecule has 2 aromatic rings. The normalized spacial score (nSPS) is 21.0. The lowest BCUT2D eigenvalue weighted by molar-refractivity contribution is -0.144. The van der Waals surface area contributed by atoms with Gasteiger partial charge in [-0.05, 0) is 47.2 Å². The van der Waals surface area contributed by atoms with Crippen LogP contribution in [0.15, 0.2) is 42.5 Å². The van der Waals surface area contributed by atoms with Gasteiger partial charge in [0, 0.05) is 31.6 Å². The minimum Gasteiger partial charge on any atom is -0.497 e. The quantitative estimate of drug-likeness (QED) is 0.507. The van der Waals surface area contributed by atoms with Crippen LogP contribution in [0.4, 0.5) is 0 Å². The van der Waals surface area contributed by atoms with Crippen molar-refractivity contribution < 1.29 is 28.9 Å². The number of fused-ring (bicyclic) bond motifs is 1. The molecular formula is C29H38N2O6. The summed E-state index contributed by atoms with van der Waals surface area (Å²) in [5.41, 5.74) is 1.72. The van der Waals surface area contributed by atoms with Crippen molar-refractivity contribution in [3.8, 4) is 17.2 Å². The number of methoxy groups -OCH3 is 1. The number of nitrogens with zero attached hydrogens (tertiary/aromatic N) is 2. The molecule has 4 rings (SSSR count). The van der Waals surface area contributed by atoms with Gasteiger partial charge in [0.2, 0.25) is 12.7 Å². The van der Waals surface area contributed by atoms with E-state index in [0.717, 1.165) is 11.1 Å². The Bertz CT molecular complexity index is 1090. The summed E-state index contributed by atoms with van der Waals surface area (Å²) in [6.07, 6.45) is 0. The molecule has 8 nitrogen and oxygen atoms in total. The lowest BCUT2D eigenvalue weighted by atomic mass is 9.82. The highest BCUT2D eigenvalue weighted by molar-refractivity contribution is 5.79.